The Balaban J connectivity index is 1.94. The molecule has 0 aliphatic heterocycles. The van der Waals surface area contributed by atoms with Gasteiger partial charge in [0.05, 0.1) is 17.0 Å². The predicted octanol–water partition coefficient (Wildman–Crippen LogP) is 3.18. The maximum atomic E-state index is 11.7. The van der Waals surface area contributed by atoms with E-state index in [9.17, 15) is 4.79 Å². The zero-order valence-corrected chi connectivity index (χ0v) is 11.6. The maximum absolute atomic E-state index is 11.7. The minimum absolute atomic E-state index is 0.422. The minimum atomic E-state index is -0.482. The van der Waals surface area contributed by atoms with Crippen LogP contribution in [0.25, 0.3) is 5.70 Å². The van der Waals surface area contributed by atoms with Crippen molar-refractivity contribution in [3.05, 3.63) is 71.0 Å². The number of halogens is 1. The van der Waals surface area contributed by atoms with Crippen LogP contribution in [-0.2, 0) is 4.84 Å². The van der Waals surface area contributed by atoms with E-state index >= 15 is 0 Å². The minimum Gasteiger partial charge on any atom is -0.338 e. The van der Waals surface area contributed by atoms with Gasteiger partial charge in [0.2, 0.25) is 0 Å². The summed E-state index contributed by atoms with van der Waals surface area (Å²) >= 11 is 3.30. The van der Waals surface area contributed by atoms with Gasteiger partial charge in [-0.05, 0) is 36.4 Å². The number of nitrogens with one attached hydrogen (secondary N) is 1. The molecule has 0 radical (unpaired) electrons. The number of carbonyl (C=O) groups excluding carboxylic acids is 1. The zero-order valence-electron chi connectivity index (χ0n) is 9.97. The van der Waals surface area contributed by atoms with Gasteiger partial charge in [0.15, 0.2) is 0 Å². The Morgan fingerprint density at radius 2 is 1.95 bits per heavy atom. The number of nitrogens with zero attached hydrogens (tertiary/aromatic N) is 1. The van der Waals surface area contributed by atoms with Gasteiger partial charge >= 0.3 is 5.97 Å². The van der Waals surface area contributed by atoms with Crippen LogP contribution in [0.4, 0.5) is 0 Å². The standard InChI is InChI=1S/C14H11BrN2O2/c1-10(13-4-2-3-9-16-13)17-19-14(18)11-5-7-12(15)8-6-11/h2-9,17H,1H2. The molecule has 4 nitrogen and oxygen atoms in total. The van der Waals surface area contributed by atoms with Crippen LogP contribution in [0, 0.1) is 0 Å². The fourth-order valence-corrected chi connectivity index (χ4v) is 1.61. The number of benzene rings is 1. The van der Waals surface area contributed by atoms with Crippen molar-refractivity contribution in [1.29, 1.82) is 0 Å². The Morgan fingerprint density at radius 1 is 1.21 bits per heavy atom. The molecule has 19 heavy (non-hydrogen) atoms. The topological polar surface area (TPSA) is 51.2 Å². The Bertz CT molecular complexity index is 582. The van der Waals surface area contributed by atoms with Crippen molar-refractivity contribution in [1.82, 2.24) is 10.5 Å². The normalized spacial score (nSPS) is 9.74. The van der Waals surface area contributed by atoms with Crippen molar-refractivity contribution in [2.45, 2.75) is 0 Å². The molecular weight excluding hydrogens is 308 g/mol. The van der Waals surface area contributed by atoms with Crippen LogP contribution in [0.1, 0.15) is 16.1 Å². The molecule has 0 saturated carbocycles. The van der Waals surface area contributed by atoms with Gasteiger partial charge < -0.3 is 4.84 Å². The highest BCUT2D eigenvalue weighted by atomic mass is 79.9. The molecule has 1 aromatic carbocycles. The van der Waals surface area contributed by atoms with Crippen LogP contribution in [0.5, 0.6) is 0 Å². The molecule has 1 N–H and O–H groups in total. The first-order chi connectivity index (χ1) is 9.16. The smallest absolute Gasteiger partial charge is 0.338 e. The summed E-state index contributed by atoms with van der Waals surface area (Å²) in [4.78, 5) is 20.8. The number of carbonyl (C=O) groups is 1. The molecular formula is C14H11BrN2O2. The van der Waals surface area contributed by atoms with Gasteiger partial charge in [-0.1, -0.05) is 28.6 Å². The molecule has 2 aromatic rings. The highest BCUT2D eigenvalue weighted by molar-refractivity contribution is 9.10. The summed E-state index contributed by atoms with van der Waals surface area (Å²) in [5.74, 6) is -0.482. The summed E-state index contributed by atoms with van der Waals surface area (Å²) in [7, 11) is 0. The number of hydroxylamine groups is 1. The largest absolute Gasteiger partial charge is 0.362 e. The van der Waals surface area contributed by atoms with E-state index < -0.39 is 5.97 Å². The first-order valence-corrected chi connectivity index (χ1v) is 6.29. The second-order valence-corrected chi connectivity index (χ2v) is 4.61. The molecule has 96 valence electrons. The third-order valence-corrected chi connectivity index (χ3v) is 2.85. The third-order valence-electron chi connectivity index (χ3n) is 2.32. The number of hydrogen-bond donors (Lipinski definition) is 1. The lowest BCUT2D eigenvalue weighted by atomic mass is 10.2. The van der Waals surface area contributed by atoms with Gasteiger partial charge in [-0.3, -0.25) is 4.98 Å². The molecule has 1 aromatic heterocycles. The van der Waals surface area contributed by atoms with Crippen LogP contribution in [0.3, 0.4) is 0 Å². The summed E-state index contributed by atoms with van der Waals surface area (Å²) in [5.41, 5.74) is 3.98. The fraction of sp³-hybridized carbons (Fsp3) is 0. The third kappa shape index (κ3) is 3.66. The number of pyridine rings is 1. The average molecular weight is 319 g/mol. The Morgan fingerprint density at radius 3 is 2.58 bits per heavy atom. The van der Waals surface area contributed by atoms with Crippen LogP contribution in [0.15, 0.2) is 59.7 Å². The van der Waals surface area contributed by atoms with Crippen molar-refractivity contribution in [2.24, 2.45) is 0 Å². The van der Waals surface area contributed by atoms with E-state index in [0.717, 1.165) is 4.47 Å². The summed E-state index contributed by atoms with van der Waals surface area (Å²) < 4.78 is 0.898. The Hall–Kier alpha value is -2.14. The van der Waals surface area contributed by atoms with Gasteiger partial charge in [-0.2, -0.15) is 0 Å². The summed E-state index contributed by atoms with van der Waals surface area (Å²) in [6.45, 7) is 3.75. The summed E-state index contributed by atoms with van der Waals surface area (Å²) in [6, 6.07) is 12.3. The molecule has 0 unspecified atom stereocenters. The van der Waals surface area contributed by atoms with E-state index in [1.807, 2.05) is 6.07 Å². The Labute approximate surface area is 119 Å². The van der Waals surface area contributed by atoms with Crippen LogP contribution in [-0.4, -0.2) is 11.0 Å². The highest BCUT2D eigenvalue weighted by Crippen LogP contribution is 2.11. The van der Waals surface area contributed by atoms with Crippen molar-refractivity contribution in [2.75, 3.05) is 0 Å². The lowest BCUT2D eigenvalue weighted by molar-refractivity contribution is 0.0369. The van der Waals surface area contributed by atoms with E-state index in [1.54, 1.807) is 42.6 Å². The van der Waals surface area contributed by atoms with Crippen LogP contribution < -0.4 is 5.48 Å². The molecule has 0 aliphatic carbocycles. The molecule has 1 heterocycles. The number of rotatable bonds is 4. The fourth-order valence-electron chi connectivity index (χ4n) is 1.35. The molecule has 0 bridgehead atoms. The molecule has 0 spiro atoms. The van der Waals surface area contributed by atoms with Gasteiger partial charge in [0.25, 0.3) is 0 Å². The second kappa shape index (κ2) is 6.15. The van der Waals surface area contributed by atoms with Gasteiger partial charge in [-0.25, -0.2) is 10.3 Å². The Kier molecular flexibility index (Phi) is 4.30. The van der Waals surface area contributed by atoms with Crippen molar-refractivity contribution < 1.29 is 9.63 Å². The number of hydrogen-bond acceptors (Lipinski definition) is 4. The van der Waals surface area contributed by atoms with E-state index in [4.69, 9.17) is 4.84 Å². The SMILES string of the molecule is C=C(NOC(=O)c1ccc(Br)cc1)c1ccccn1. The number of aromatic nitrogens is 1. The van der Waals surface area contributed by atoms with Gasteiger partial charge in [0.1, 0.15) is 0 Å². The quantitative estimate of drug-likeness (QED) is 0.880. The molecule has 0 saturated heterocycles. The zero-order chi connectivity index (χ0) is 13.7. The summed E-state index contributed by atoms with van der Waals surface area (Å²) in [5, 5.41) is 0. The molecule has 0 atom stereocenters. The highest BCUT2D eigenvalue weighted by Gasteiger charge is 2.08. The average Bonchev–Trinajstić information content (AvgIpc) is 2.46. The van der Waals surface area contributed by atoms with E-state index in [2.05, 4.69) is 33.0 Å². The molecule has 0 amide bonds. The van der Waals surface area contributed by atoms with Crippen LogP contribution in [0.2, 0.25) is 0 Å². The molecule has 0 aliphatic rings. The van der Waals surface area contributed by atoms with Gasteiger partial charge in [0, 0.05) is 10.7 Å². The summed E-state index contributed by atoms with van der Waals surface area (Å²) in [6.07, 6.45) is 1.64. The van der Waals surface area contributed by atoms with E-state index in [-0.39, 0.29) is 0 Å². The van der Waals surface area contributed by atoms with E-state index in [0.29, 0.717) is 17.0 Å². The lowest BCUT2D eigenvalue weighted by Gasteiger charge is -2.08. The lowest BCUT2D eigenvalue weighted by Crippen LogP contribution is -2.18. The van der Waals surface area contributed by atoms with E-state index in [1.165, 1.54) is 0 Å². The first kappa shape index (κ1) is 13.3. The second-order valence-electron chi connectivity index (χ2n) is 3.69. The maximum Gasteiger partial charge on any atom is 0.362 e. The molecule has 5 heteroatoms. The van der Waals surface area contributed by atoms with Crippen molar-refractivity contribution in [3.63, 3.8) is 0 Å². The molecule has 2 rings (SSSR count). The monoisotopic (exact) mass is 318 g/mol. The predicted molar refractivity (Wildman–Crippen MR) is 76.0 cm³/mol. The van der Waals surface area contributed by atoms with Gasteiger partial charge in [-0.15, -0.1) is 0 Å². The van der Waals surface area contributed by atoms with Crippen molar-refractivity contribution in [3.8, 4) is 0 Å². The molecule has 0 fully saturated rings. The van der Waals surface area contributed by atoms with Crippen LogP contribution >= 0.6 is 15.9 Å². The van der Waals surface area contributed by atoms with Crippen molar-refractivity contribution >= 4 is 27.6 Å². The first-order valence-electron chi connectivity index (χ1n) is 5.50.